The van der Waals surface area contributed by atoms with Crippen molar-refractivity contribution in [3.05, 3.63) is 35.4 Å². The van der Waals surface area contributed by atoms with Crippen LogP contribution in [0, 0.1) is 16.7 Å². The number of aliphatic hydroxyl groups excluding tert-OH is 1. The first-order chi connectivity index (χ1) is 8.59. The van der Waals surface area contributed by atoms with Gasteiger partial charge in [0.15, 0.2) is 0 Å². The molecule has 0 radical (unpaired) electrons. The Labute approximate surface area is 105 Å². The van der Waals surface area contributed by atoms with Crippen molar-refractivity contribution >= 4 is 0 Å². The fraction of sp³-hybridized carbons (Fsp3) is 0.500. The molecule has 1 unspecified atom stereocenters. The Bertz CT molecular complexity index is 461. The van der Waals surface area contributed by atoms with Crippen LogP contribution >= 0.6 is 0 Å². The second-order valence-corrected chi connectivity index (χ2v) is 4.85. The number of nitrogens with zero attached hydrogens (tertiary/aromatic N) is 1. The Hall–Kier alpha value is -1.47. The van der Waals surface area contributed by atoms with Crippen LogP contribution in [0.15, 0.2) is 24.3 Å². The molecule has 0 bridgehead atoms. The molecule has 1 N–H and O–H groups in total. The summed E-state index contributed by atoms with van der Waals surface area (Å²) in [6, 6.07) is 7.92. The van der Waals surface area contributed by atoms with E-state index in [9.17, 15) is 19.1 Å². The normalized spacial score (nSPS) is 19.7. The van der Waals surface area contributed by atoms with Crippen molar-refractivity contribution in [3.8, 4) is 6.07 Å². The van der Waals surface area contributed by atoms with Gasteiger partial charge < -0.3 is 5.11 Å². The van der Waals surface area contributed by atoms with E-state index in [2.05, 4.69) is 6.07 Å². The standard InChI is InChI=1S/C14H15F2NO/c15-13(16)11-5-3-4-10(8-11)12(18)14(9-17)6-1-2-7-14/h3-5,8,12-13,18H,1-2,6-7H2. The van der Waals surface area contributed by atoms with Gasteiger partial charge in [-0.2, -0.15) is 5.26 Å². The lowest BCUT2D eigenvalue weighted by atomic mass is 9.78. The quantitative estimate of drug-likeness (QED) is 0.889. The predicted molar refractivity (Wildman–Crippen MR) is 62.9 cm³/mol. The molecule has 0 aliphatic heterocycles. The van der Waals surface area contributed by atoms with Crippen LogP contribution in [-0.2, 0) is 0 Å². The zero-order valence-electron chi connectivity index (χ0n) is 9.94. The van der Waals surface area contributed by atoms with Crippen molar-refractivity contribution in [3.63, 3.8) is 0 Å². The molecule has 96 valence electrons. The van der Waals surface area contributed by atoms with Crippen LogP contribution in [-0.4, -0.2) is 5.11 Å². The highest BCUT2D eigenvalue weighted by molar-refractivity contribution is 5.29. The van der Waals surface area contributed by atoms with Gasteiger partial charge in [-0.05, 0) is 24.5 Å². The van der Waals surface area contributed by atoms with Crippen LogP contribution in [0.1, 0.15) is 49.3 Å². The predicted octanol–water partition coefficient (Wildman–Crippen LogP) is 3.74. The molecule has 1 aliphatic rings. The Balaban J connectivity index is 2.31. The van der Waals surface area contributed by atoms with E-state index in [4.69, 9.17) is 0 Å². The fourth-order valence-electron chi connectivity index (χ4n) is 2.64. The fourth-order valence-corrected chi connectivity index (χ4v) is 2.64. The highest BCUT2D eigenvalue weighted by atomic mass is 19.3. The molecule has 0 amide bonds. The molecule has 0 aromatic heterocycles. The average molecular weight is 251 g/mol. The smallest absolute Gasteiger partial charge is 0.263 e. The lowest BCUT2D eigenvalue weighted by molar-refractivity contribution is 0.0666. The maximum atomic E-state index is 12.6. The van der Waals surface area contributed by atoms with Gasteiger partial charge in [-0.3, -0.25) is 0 Å². The van der Waals surface area contributed by atoms with Crippen LogP contribution in [0.2, 0.25) is 0 Å². The van der Waals surface area contributed by atoms with Gasteiger partial charge in [-0.15, -0.1) is 0 Å². The van der Waals surface area contributed by atoms with Gasteiger partial charge >= 0.3 is 0 Å². The van der Waals surface area contributed by atoms with Gasteiger partial charge in [0.1, 0.15) is 0 Å². The van der Waals surface area contributed by atoms with E-state index in [0.717, 1.165) is 12.8 Å². The van der Waals surface area contributed by atoms with Crippen LogP contribution in [0.25, 0.3) is 0 Å². The first-order valence-corrected chi connectivity index (χ1v) is 6.06. The van der Waals surface area contributed by atoms with E-state index >= 15 is 0 Å². The lowest BCUT2D eigenvalue weighted by Crippen LogP contribution is -2.24. The minimum Gasteiger partial charge on any atom is -0.387 e. The maximum Gasteiger partial charge on any atom is 0.263 e. The van der Waals surface area contributed by atoms with Gasteiger partial charge in [0.2, 0.25) is 0 Å². The summed E-state index contributed by atoms with van der Waals surface area (Å²) < 4.78 is 25.2. The minimum atomic E-state index is -2.56. The summed E-state index contributed by atoms with van der Waals surface area (Å²) in [5, 5.41) is 19.6. The molecule has 18 heavy (non-hydrogen) atoms. The number of alkyl halides is 2. The number of rotatable bonds is 3. The van der Waals surface area contributed by atoms with E-state index in [-0.39, 0.29) is 5.56 Å². The van der Waals surface area contributed by atoms with Crippen LogP contribution in [0.4, 0.5) is 8.78 Å². The zero-order chi connectivity index (χ0) is 13.2. The molecule has 1 fully saturated rings. The number of hydrogen-bond acceptors (Lipinski definition) is 2. The topological polar surface area (TPSA) is 44.0 Å². The summed E-state index contributed by atoms with van der Waals surface area (Å²) in [5.41, 5.74) is -0.505. The molecule has 1 aromatic carbocycles. The molecule has 2 nitrogen and oxygen atoms in total. The van der Waals surface area contributed by atoms with E-state index in [1.54, 1.807) is 6.07 Å². The SMILES string of the molecule is N#CC1(C(O)c2cccc(C(F)F)c2)CCCC1. The first kappa shape index (κ1) is 13.0. The number of halogens is 2. The van der Waals surface area contributed by atoms with Crippen LogP contribution in [0.5, 0.6) is 0 Å². The van der Waals surface area contributed by atoms with E-state index in [1.807, 2.05) is 0 Å². The summed E-state index contributed by atoms with van der Waals surface area (Å²) in [5.74, 6) is 0. The van der Waals surface area contributed by atoms with Crippen molar-refractivity contribution in [2.75, 3.05) is 0 Å². The van der Waals surface area contributed by atoms with Crippen molar-refractivity contribution in [1.82, 2.24) is 0 Å². The zero-order valence-corrected chi connectivity index (χ0v) is 9.94. The molecular weight excluding hydrogens is 236 g/mol. The third-order valence-corrected chi connectivity index (χ3v) is 3.72. The molecule has 0 heterocycles. The molecule has 1 aromatic rings. The summed E-state index contributed by atoms with van der Waals surface area (Å²) in [4.78, 5) is 0. The van der Waals surface area contributed by atoms with Crippen molar-refractivity contribution < 1.29 is 13.9 Å². The Morgan fingerprint density at radius 1 is 1.22 bits per heavy atom. The summed E-state index contributed by atoms with van der Waals surface area (Å²) in [6.45, 7) is 0. The molecular formula is C14H15F2NO. The molecule has 0 saturated heterocycles. The molecule has 1 aliphatic carbocycles. The molecule has 1 saturated carbocycles. The summed E-state index contributed by atoms with van der Waals surface area (Å²) >= 11 is 0. The Morgan fingerprint density at radius 3 is 2.39 bits per heavy atom. The highest BCUT2D eigenvalue weighted by Gasteiger charge is 2.41. The largest absolute Gasteiger partial charge is 0.387 e. The second kappa shape index (κ2) is 5.03. The second-order valence-electron chi connectivity index (χ2n) is 4.85. The van der Waals surface area contributed by atoms with Crippen LogP contribution in [0.3, 0.4) is 0 Å². The molecule has 1 atom stereocenters. The molecule has 0 spiro atoms. The highest BCUT2D eigenvalue weighted by Crippen LogP contribution is 2.47. The average Bonchev–Trinajstić information content (AvgIpc) is 2.88. The van der Waals surface area contributed by atoms with E-state index in [1.165, 1.54) is 18.2 Å². The summed E-state index contributed by atoms with van der Waals surface area (Å²) in [6.07, 6.45) is -0.478. The van der Waals surface area contributed by atoms with Crippen molar-refractivity contribution in [1.29, 1.82) is 5.26 Å². The summed E-state index contributed by atoms with van der Waals surface area (Å²) in [7, 11) is 0. The molecule has 2 rings (SSSR count). The number of nitriles is 1. The van der Waals surface area contributed by atoms with Gasteiger partial charge in [-0.25, -0.2) is 8.78 Å². The Kier molecular flexibility index (Phi) is 3.63. The van der Waals surface area contributed by atoms with Gasteiger partial charge in [0.25, 0.3) is 6.43 Å². The van der Waals surface area contributed by atoms with Crippen LogP contribution < -0.4 is 0 Å². The van der Waals surface area contributed by atoms with E-state index in [0.29, 0.717) is 18.4 Å². The van der Waals surface area contributed by atoms with Gasteiger partial charge in [0, 0.05) is 5.56 Å². The number of hydrogen-bond donors (Lipinski definition) is 1. The number of aliphatic hydroxyl groups is 1. The number of benzene rings is 1. The van der Waals surface area contributed by atoms with Gasteiger partial charge in [0.05, 0.1) is 17.6 Å². The third-order valence-electron chi connectivity index (χ3n) is 3.72. The maximum absolute atomic E-state index is 12.6. The van der Waals surface area contributed by atoms with Gasteiger partial charge in [-0.1, -0.05) is 31.0 Å². The van der Waals surface area contributed by atoms with E-state index < -0.39 is 17.9 Å². The Morgan fingerprint density at radius 2 is 1.83 bits per heavy atom. The van der Waals surface area contributed by atoms with Crippen molar-refractivity contribution in [2.45, 2.75) is 38.2 Å². The monoisotopic (exact) mass is 251 g/mol. The lowest BCUT2D eigenvalue weighted by Gasteiger charge is -2.27. The van der Waals surface area contributed by atoms with Crippen molar-refractivity contribution in [2.24, 2.45) is 5.41 Å². The minimum absolute atomic E-state index is 0.113. The first-order valence-electron chi connectivity index (χ1n) is 6.06. The third kappa shape index (κ3) is 2.23. The molecule has 4 heteroatoms.